The smallest absolute Gasteiger partial charge is 0.264 e. The topological polar surface area (TPSA) is 92.0 Å². The lowest BCUT2D eigenvalue weighted by molar-refractivity contribution is -0.119. The van der Waals surface area contributed by atoms with Crippen LogP contribution in [0.3, 0.4) is 0 Å². The van der Waals surface area contributed by atoms with E-state index in [1.807, 2.05) is 0 Å². The Labute approximate surface area is 181 Å². The minimum Gasteiger partial charge on any atom is -0.459 e. The second-order valence-corrected chi connectivity index (χ2v) is 8.84. The fourth-order valence-corrected chi connectivity index (χ4v) is 4.31. The molecule has 30 heavy (non-hydrogen) atoms. The third-order valence-electron chi connectivity index (χ3n) is 4.00. The molecule has 0 unspecified atom stereocenters. The van der Waals surface area contributed by atoms with E-state index in [0.717, 1.165) is 10.5 Å². The number of nitrogens with one attached hydrogen (secondary N) is 1. The van der Waals surface area contributed by atoms with Crippen LogP contribution in [0.4, 0.5) is 10.1 Å². The Morgan fingerprint density at radius 1 is 1.20 bits per heavy atom. The molecule has 0 fully saturated rings. The Hall–Kier alpha value is -2.98. The van der Waals surface area contributed by atoms with E-state index in [9.17, 15) is 17.6 Å². The first-order valence-electron chi connectivity index (χ1n) is 8.69. The number of carbonyl (C=O) groups is 1. The maximum Gasteiger partial charge on any atom is 0.264 e. The van der Waals surface area contributed by atoms with Crippen LogP contribution in [0.2, 0.25) is 0 Å². The zero-order chi connectivity index (χ0) is 21.7. The highest BCUT2D eigenvalue weighted by atomic mass is 79.9. The number of rotatable bonds is 7. The van der Waals surface area contributed by atoms with Gasteiger partial charge in [0.25, 0.3) is 15.9 Å². The molecule has 7 nitrogen and oxygen atoms in total. The zero-order valence-corrected chi connectivity index (χ0v) is 18.2. The van der Waals surface area contributed by atoms with Crippen LogP contribution in [-0.4, -0.2) is 27.1 Å². The lowest BCUT2D eigenvalue weighted by Crippen LogP contribution is -2.40. The predicted octanol–water partition coefficient (Wildman–Crippen LogP) is 3.84. The highest BCUT2D eigenvalue weighted by molar-refractivity contribution is 9.10. The molecule has 0 atom stereocenters. The summed E-state index contributed by atoms with van der Waals surface area (Å²) >= 11 is 3.29. The summed E-state index contributed by atoms with van der Waals surface area (Å²) in [5, 5.41) is 3.77. The van der Waals surface area contributed by atoms with Crippen molar-refractivity contribution in [1.29, 1.82) is 0 Å². The van der Waals surface area contributed by atoms with Gasteiger partial charge < -0.3 is 4.42 Å². The van der Waals surface area contributed by atoms with Gasteiger partial charge in [-0.1, -0.05) is 30.3 Å². The second-order valence-electron chi connectivity index (χ2n) is 6.12. The van der Waals surface area contributed by atoms with E-state index < -0.39 is 28.3 Å². The van der Waals surface area contributed by atoms with E-state index in [-0.39, 0.29) is 10.6 Å². The summed E-state index contributed by atoms with van der Waals surface area (Å²) < 4.78 is 47.3. The van der Waals surface area contributed by atoms with Gasteiger partial charge in [0.05, 0.1) is 21.3 Å². The van der Waals surface area contributed by atoms with Crippen LogP contribution in [0.15, 0.2) is 79.6 Å². The predicted molar refractivity (Wildman–Crippen MR) is 114 cm³/mol. The van der Waals surface area contributed by atoms with Crippen molar-refractivity contribution in [2.45, 2.75) is 11.8 Å². The monoisotopic (exact) mass is 493 g/mol. The summed E-state index contributed by atoms with van der Waals surface area (Å²) in [5.74, 6) is -0.495. The van der Waals surface area contributed by atoms with Crippen molar-refractivity contribution >= 4 is 43.8 Å². The molecular weight excluding hydrogens is 477 g/mol. The molecule has 1 N–H and O–H groups in total. The van der Waals surface area contributed by atoms with Crippen molar-refractivity contribution in [2.24, 2.45) is 5.10 Å². The number of hydrogen-bond donors (Lipinski definition) is 1. The van der Waals surface area contributed by atoms with E-state index in [2.05, 4.69) is 26.5 Å². The van der Waals surface area contributed by atoms with Gasteiger partial charge in [-0.05, 0) is 47.1 Å². The van der Waals surface area contributed by atoms with Crippen LogP contribution in [0.25, 0.3) is 0 Å². The number of furan rings is 1. The van der Waals surface area contributed by atoms with Crippen molar-refractivity contribution in [3.8, 4) is 0 Å². The van der Waals surface area contributed by atoms with Crippen molar-refractivity contribution in [3.05, 3.63) is 82.5 Å². The maximum atomic E-state index is 14.4. The molecule has 3 aromatic rings. The Morgan fingerprint density at radius 3 is 2.50 bits per heavy atom. The summed E-state index contributed by atoms with van der Waals surface area (Å²) in [6.07, 6.45) is 1.27. The molecule has 0 spiro atoms. The van der Waals surface area contributed by atoms with Crippen molar-refractivity contribution in [2.75, 3.05) is 10.8 Å². The number of para-hydroxylation sites is 1. The number of amides is 1. The first-order chi connectivity index (χ1) is 14.3. The molecule has 0 saturated heterocycles. The van der Waals surface area contributed by atoms with Gasteiger partial charge in [0.15, 0.2) is 0 Å². The van der Waals surface area contributed by atoms with Crippen LogP contribution in [0.1, 0.15) is 11.5 Å². The SMILES string of the molecule is Cc1oc(/C=N\NC(=O)CN(c2ccccc2F)S(=O)(=O)c2ccccc2)cc1Br. The fraction of sp³-hybridized carbons (Fsp3) is 0.100. The summed E-state index contributed by atoms with van der Waals surface area (Å²) in [5.41, 5.74) is 1.99. The molecule has 156 valence electrons. The maximum absolute atomic E-state index is 14.4. The van der Waals surface area contributed by atoms with Gasteiger partial charge >= 0.3 is 0 Å². The van der Waals surface area contributed by atoms with E-state index >= 15 is 0 Å². The van der Waals surface area contributed by atoms with E-state index in [4.69, 9.17) is 4.42 Å². The van der Waals surface area contributed by atoms with Crippen molar-refractivity contribution in [1.82, 2.24) is 5.43 Å². The van der Waals surface area contributed by atoms with E-state index in [1.54, 1.807) is 31.2 Å². The molecule has 1 heterocycles. The van der Waals surface area contributed by atoms with Gasteiger partial charge in [0.1, 0.15) is 23.9 Å². The number of benzene rings is 2. The number of halogens is 2. The van der Waals surface area contributed by atoms with E-state index in [0.29, 0.717) is 15.8 Å². The molecular formula is C20H17BrFN3O4S. The molecule has 0 aliphatic carbocycles. The largest absolute Gasteiger partial charge is 0.459 e. The molecule has 10 heteroatoms. The Balaban J connectivity index is 1.84. The molecule has 1 amide bonds. The lowest BCUT2D eigenvalue weighted by atomic mass is 10.3. The Morgan fingerprint density at radius 2 is 1.87 bits per heavy atom. The van der Waals surface area contributed by atoms with Crippen LogP contribution in [0, 0.1) is 12.7 Å². The molecule has 0 aliphatic rings. The third-order valence-corrected chi connectivity index (χ3v) is 6.56. The number of aryl methyl sites for hydroxylation is 1. The Bertz CT molecular complexity index is 1160. The summed E-state index contributed by atoms with van der Waals surface area (Å²) in [6.45, 7) is 1.08. The minimum atomic E-state index is -4.20. The van der Waals surface area contributed by atoms with Gasteiger partial charge in [0.2, 0.25) is 0 Å². The molecule has 0 bridgehead atoms. The van der Waals surface area contributed by atoms with Crippen LogP contribution < -0.4 is 9.73 Å². The summed E-state index contributed by atoms with van der Waals surface area (Å²) in [4.78, 5) is 12.3. The normalized spacial score (nSPS) is 11.6. The molecule has 1 aromatic heterocycles. The van der Waals surface area contributed by atoms with Gasteiger partial charge in [-0.2, -0.15) is 5.10 Å². The highest BCUT2D eigenvalue weighted by Gasteiger charge is 2.28. The number of hydrogen-bond acceptors (Lipinski definition) is 5. The van der Waals surface area contributed by atoms with Gasteiger partial charge in [0, 0.05) is 6.07 Å². The fourth-order valence-electron chi connectivity index (χ4n) is 2.55. The molecule has 2 aromatic carbocycles. The summed E-state index contributed by atoms with van der Waals surface area (Å²) in [6, 6.07) is 14.5. The average Bonchev–Trinajstić information content (AvgIpc) is 3.04. The number of hydrazone groups is 1. The van der Waals surface area contributed by atoms with Gasteiger partial charge in [-0.25, -0.2) is 18.2 Å². The number of carbonyl (C=O) groups excluding carboxylic acids is 1. The van der Waals surface area contributed by atoms with E-state index in [1.165, 1.54) is 36.5 Å². The Kier molecular flexibility index (Phi) is 6.68. The minimum absolute atomic E-state index is 0.0690. The lowest BCUT2D eigenvalue weighted by Gasteiger charge is -2.24. The molecule has 0 radical (unpaired) electrons. The highest BCUT2D eigenvalue weighted by Crippen LogP contribution is 2.26. The second kappa shape index (κ2) is 9.23. The van der Waals surface area contributed by atoms with Gasteiger partial charge in [-0.15, -0.1) is 0 Å². The van der Waals surface area contributed by atoms with Crippen LogP contribution >= 0.6 is 15.9 Å². The van der Waals surface area contributed by atoms with Crippen LogP contribution in [0.5, 0.6) is 0 Å². The standard InChI is InChI=1S/C20H17BrFN3O4S/c1-14-17(21)11-15(29-14)12-23-24-20(26)13-25(19-10-6-5-9-18(19)22)30(27,28)16-7-3-2-4-8-16/h2-12H,13H2,1H3,(H,24,26)/b23-12-. The average molecular weight is 494 g/mol. The quantitative estimate of drug-likeness (QED) is 0.399. The van der Waals surface area contributed by atoms with Crippen LogP contribution in [-0.2, 0) is 14.8 Å². The number of nitrogens with zero attached hydrogens (tertiary/aromatic N) is 2. The van der Waals surface area contributed by atoms with Gasteiger partial charge in [-0.3, -0.25) is 9.10 Å². The number of anilines is 1. The third kappa shape index (κ3) is 4.95. The molecule has 0 aliphatic heterocycles. The molecule has 0 saturated carbocycles. The number of sulfonamides is 1. The zero-order valence-electron chi connectivity index (χ0n) is 15.7. The van der Waals surface area contributed by atoms with Crippen molar-refractivity contribution in [3.63, 3.8) is 0 Å². The van der Waals surface area contributed by atoms with Crippen molar-refractivity contribution < 1.29 is 22.0 Å². The first kappa shape index (κ1) is 21.7. The first-order valence-corrected chi connectivity index (χ1v) is 10.9. The summed E-state index contributed by atoms with van der Waals surface area (Å²) in [7, 11) is -4.20. The molecule has 3 rings (SSSR count).